The molecule has 0 aliphatic rings. The number of alkyl halides is 3. The van der Waals surface area contributed by atoms with Gasteiger partial charge in [-0.1, -0.05) is 23.2 Å². The van der Waals surface area contributed by atoms with Gasteiger partial charge in [-0.3, -0.25) is 0 Å². The molecule has 9 heteroatoms. The van der Waals surface area contributed by atoms with Crippen LogP contribution in [-0.4, -0.2) is 9.97 Å². The van der Waals surface area contributed by atoms with Gasteiger partial charge < -0.3 is 11.1 Å². The average molecular weight is 323 g/mol. The lowest BCUT2D eigenvalue weighted by atomic mass is 10.2. The maximum Gasteiger partial charge on any atom is 0.416 e. The van der Waals surface area contributed by atoms with Crippen molar-refractivity contribution < 1.29 is 13.2 Å². The van der Waals surface area contributed by atoms with Crippen LogP contribution in [0.15, 0.2) is 24.3 Å². The van der Waals surface area contributed by atoms with Crippen LogP contribution in [0.1, 0.15) is 5.56 Å². The highest BCUT2D eigenvalue weighted by Gasteiger charge is 2.31. The molecule has 0 aliphatic carbocycles. The van der Waals surface area contributed by atoms with Crippen molar-refractivity contribution in [3.8, 4) is 0 Å². The highest BCUT2D eigenvalue weighted by Crippen LogP contribution is 2.34. The molecule has 1 heterocycles. The lowest BCUT2D eigenvalue weighted by molar-refractivity contribution is -0.137. The van der Waals surface area contributed by atoms with Gasteiger partial charge in [-0.15, -0.1) is 0 Å². The van der Waals surface area contributed by atoms with E-state index in [1.807, 2.05) is 0 Å². The summed E-state index contributed by atoms with van der Waals surface area (Å²) in [5.41, 5.74) is 4.59. The summed E-state index contributed by atoms with van der Waals surface area (Å²) in [5, 5.41) is 2.78. The first-order valence-corrected chi connectivity index (χ1v) is 5.95. The molecule has 0 radical (unpaired) electrons. The Morgan fingerprint density at radius 1 is 1.10 bits per heavy atom. The third kappa shape index (κ3) is 3.43. The quantitative estimate of drug-likeness (QED) is 0.816. The predicted molar refractivity (Wildman–Crippen MR) is 71.2 cm³/mol. The zero-order valence-electron chi connectivity index (χ0n) is 9.67. The van der Waals surface area contributed by atoms with Crippen molar-refractivity contribution in [3.05, 3.63) is 40.0 Å². The number of hydrogen-bond acceptors (Lipinski definition) is 4. The standard InChI is InChI=1S/C11H7Cl2F3N4/c12-6-2-1-5(11(14,15)16)3-7(6)18-9-4-8(13)19-10(17)20-9/h1-4H,(H3,17,18,19,20). The molecule has 3 N–H and O–H groups in total. The molecule has 0 unspecified atom stereocenters. The number of nitrogens with two attached hydrogens (primary N) is 1. The van der Waals surface area contributed by atoms with Gasteiger partial charge in [-0.2, -0.15) is 18.2 Å². The molecule has 20 heavy (non-hydrogen) atoms. The second kappa shape index (κ2) is 5.34. The summed E-state index contributed by atoms with van der Waals surface area (Å²) >= 11 is 11.5. The number of rotatable bonds is 2. The molecule has 0 amide bonds. The van der Waals surface area contributed by atoms with Gasteiger partial charge in [0.25, 0.3) is 0 Å². The maximum absolute atomic E-state index is 12.6. The van der Waals surface area contributed by atoms with Gasteiger partial charge in [-0.25, -0.2) is 4.98 Å². The van der Waals surface area contributed by atoms with Gasteiger partial charge in [0, 0.05) is 6.07 Å². The number of nitrogen functional groups attached to an aromatic ring is 1. The van der Waals surface area contributed by atoms with E-state index in [4.69, 9.17) is 28.9 Å². The smallest absolute Gasteiger partial charge is 0.368 e. The fraction of sp³-hybridized carbons (Fsp3) is 0.0909. The van der Waals surface area contributed by atoms with Gasteiger partial charge in [0.15, 0.2) is 0 Å². The van der Waals surface area contributed by atoms with Crippen LogP contribution in [0, 0.1) is 0 Å². The Hall–Kier alpha value is -1.73. The van der Waals surface area contributed by atoms with E-state index in [1.165, 1.54) is 6.07 Å². The van der Waals surface area contributed by atoms with Crippen LogP contribution >= 0.6 is 23.2 Å². The molecule has 0 atom stereocenters. The molecule has 2 rings (SSSR count). The Morgan fingerprint density at radius 3 is 2.40 bits per heavy atom. The Balaban J connectivity index is 2.37. The fourth-order valence-corrected chi connectivity index (χ4v) is 1.79. The van der Waals surface area contributed by atoms with E-state index >= 15 is 0 Å². The minimum absolute atomic E-state index is 0.0376. The van der Waals surface area contributed by atoms with Crippen molar-refractivity contribution in [1.82, 2.24) is 9.97 Å². The number of aromatic nitrogens is 2. The second-order valence-corrected chi connectivity index (χ2v) is 4.55. The van der Waals surface area contributed by atoms with E-state index in [0.29, 0.717) is 0 Å². The Morgan fingerprint density at radius 2 is 1.80 bits per heavy atom. The molecule has 0 bridgehead atoms. The number of benzene rings is 1. The molecule has 1 aromatic heterocycles. The molecule has 4 nitrogen and oxygen atoms in total. The zero-order chi connectivity index (χ0) is 14.9. The van der Waals surface area contributed by atoms with Crippen LogP contribution in [-0.2, 0) is 6.18 Å². The van der Waals surface area contributed by atoms with Crippen LogP contribution in [0.4, 0.5) is 30.6 Å². The summed E-state index contributed by atoms with van der Waals surface area (Å²) in [6.45, 7) is 0. The van der Waals surface area contributed by atoms with Crippen molar-refractivity contribution in [2.24, 2.45) is 0 Å². The first kappa shape index (κ1) is 14.7. The third-order valence-electron chi connectivity index (χ3n) is 2.27. The van der Waals surface area contributed by atoms with Crippen molar-refractivity contribution in [3.63, 3.8) is 0 Å². The first-order valence-electron chi connectivity index (χ1n) is 5.19. The SMILES string of the molecule is Nc1nc(Cl)cc(Nc2cc(C(F)(F)F)ccc2Cl)n1. The molecule has 0 saturated heterocycles. The molecule has 2 aromatic rings. The fourth-order valence-electron chi connectivity index (χ4n) is 1.43. The molecular formula is C11H7Cl2F3N4. The summed E-state index contributed by atoms with van der Waals surface area (Å²) in [4.78, 5) is 7.43. The van der Waals surface area contributed by atoms with Crippen LogP contribution in [0.5, 0.6) is 0 Å². The maximum atomic E-state index is 12.6. The first-order chi connectivity index (χ1) is 9.25. The van der Waals surface area contributed by atoms with E-state index in [1.54, 1.807) is 0 Å². The predicted octanol–water partition coefficient (Wildman–Crippen LogP) is 4.13. The molecule has 106 valence electrons. The minimum Gasteiger partial charge on any atom is -0.368 e. The number of nitrogens with zero attached hydrogens (tertiary/aromatic N) is 2. The van der Waals surface area contributed by atoms with Gasteiger partial charge in [0.2, 0.25) is 5.95 Å². The molecule has 0 aliphatic heterocycles. The van der Waals surface area contributed by atoms with Crippen LogP contribution < -0.4 is 11.1 Å². The van der Waals surface area contributed by atoms with Crippen molar-refractivity contribution in [2.45, 2.75) is 6.18 Å². The van der Waals surface area contributed by atoms with Gasteiger partial charge >= 0.3 is 6.18 Å². The largest absolute Gasteiger partial charge is 0.416 e. The summed E-state index contributed by atoms with van der Waals surface area (Å²) in [7, 11) is 0. The van der Waals surface area contributed by atoms with Crippen molar-refractivity contribution >= 4 is 40.7 Å². The van der Waals surface area contributed by atoms with Crippen LogP contribution in [0.3, 0.4) is 0 Å². The minimum atomic E-state index is -4.47. The van der Waals surface area contributed by atoms with E-state index in [0.717, 1.165) is 18.2 Å². The van der Waals surface area contributed by atoms with Gasteiger partial charge in [0.05, 0.1) is 16.3 Å². The highest BCUT2D eigenvalue weighted by atomic mass is 35.5. The number of anilines is 3. The normalized spacial score (nSPS) is 11.4. The highest BCUT2D eigenvalue weighted by molar-refractivity contribution is 6.33. The zero-order valence-corrected chi connectivity index (χ0v) is 11.2. The summed E-state index contributed by atoms with van der Waals surface area (Å²) in [6, 6.07) is 4.21. The monoisotopic (exact) mass is 322 g/mol. The molecule has 0 saturated carbocycles. The Kier molecular flexibility index (Phi) is 3.92. The molecular weight excluding hydrogens is 316 g/mol. The summed E-state index contributed by atoms with van der Waals surface area (Å²) < 4.78 is 37.9. The van der Waals surface area contributed by atoms with Gasteiger partial charge in [-0.05, 0) is 18.2 Å². The second-order valence-electron chi connectivity index (χ2n) is 3.75. The average Bonchev–Trinajstić information content (AvgIpc) is 2.29. The van der Waals surface area contributed by atoms with Crippen molar-refractivity contribution in [2.75, 3.05) is 11.1 Å². The van der Waals surface area contributed by atoms with Crippen molar-refractivity contribution in [1.29, 1.82) is 0 Å². The van der Waals surface area contributed by atoms with E-state index < -0.39 is 11.7 Å². The van der Waals surface area contributed by atoms with E-state index in [9.17, 15) is 13.2 Å². The Labute approximate surface area is 121 Å². The van der Waals surface area contributed by atoms with Crippen LogP contribution in [0.2, 0.25) is 10.2 Å². The number of hydrogen-bond donors (Lipinski definition) is 2. The van der Waals surface area contributed by atoms with Crippen LogP contribution in [0.25, 0.3) is 0 Å². The summed E-state index contributed by atoms with van der Waals surface area (Å²) in [6.07, 6.45) is -4.47. The topological polar surface area (TPSA) is 63.8 Å². The number of halogens is 5. The molecule has 0 spiro atoms. The molecule has 0 fully saturated rings. The number of nitrogens with one attached hydrogen (secondary N) is 1. The lowest BCUT2D eigenvalue weighted by Gasteiger charge is -2.12. The van der Waals surface area contributed by atoms with E-state index in [2.05, 4.69) is 15.3 Å². The summed E-state index contributed by atoms with van der Waals surface area (Å²) in [5.74, 6) is 0.0341. The van der Waals surface area contributed by atoms with E-state index in [-0.39, 0.29) is 27.6 Å². The third-order valence-corrected chi connectivity index (χ3v) is 2.79. The Bertz CT molecular complexity index is 626. The van der Waals surface area contributed by atoms with Gasteiger partial charge in [0.1, 0.15) is 11.0 Å². The lowest BCUT2D eigenvalue weighted by Crippen LogP contribution is -2.06. The molecule has 1 aromatic carbocycles.